The summed E-state index contributed by atoms with van der Waals surface area (Å²) < 4.78 is 0. The van der Waals surface area contributed by atoms with Gasteiger partial charge in [-0.25, -0.2) is 0 Å². The molecule has 5 nitrogen and oxygen atoms in total. The topological polar surface area (TPSA) is 85.2 Å². The van der Waals surface area contributed by atoms with E-state index in [1.54, 1.807) is 13.0 Å². The Morgan fingerprint density at radius 1 is 1.13 bits per heavy atom. The number of carbonyl (C=O) groups excluding carboxylic acids is 1. The molecule has 0 unspecified atom stereocenters. The van der Waals surface area contributed by atoms with Gasteiger partial charge in [-0.05, 0) is 49.2 Å². The molecule has 3 N–H and O–H groups in total. The van der Waals surface area contributed by atoms with Crippen LogP contribution in [-0.4, -0.2) is 11.0 Å². The molecular formula is C18H17N3O2. The van der Waals surface area contributed by atoms with E-state index in [0.29, 0.717) is 11.3 Å². The number of phenols is 1. The molecule has 2 aromatic carbocycles. The predicted molar refractivity (Wildman–Crippen MR) is 90.0 cm³/mol. The Labute approximate surface area is 134 Å². The van der Waals surface area contributed by atoms with Gasteiger partial charge in [-0.3, -0.25) is 4.79 Å². The Balaban J connectivity index is 2.14. The molecule has 0 bridgehead atoms. The zero-order valence-corrected chi connectivity index (χ0v) is 12.9. The SMILES string of the molecule is Cc1ccccc1N/C=C(/C#N)C(=O)Nc1ccc(O)cc1C. The molecule has 0 aliphatic heterocycles. The number of amides is 1. The second kappa shape index (κ2) is 7.14. The summed E-state index contributed by atoms with van der Waals surface area (Å²) >= 11 is 0. The average Bonchev–Trinajstić information content (AvgIpc) is 2.52. The molecule has 5 heteroatoms. The van der Waals surface area contributed by atoms with E-state index in [-0.39, 0.29) is 11.3 Å². The quantitative estimate of drug-likeness (QED) is 0.459. The van der Waals surface area contributed by atoms with Crippen molar-refractivity contribution in [1.29, 1.82) is 5.26 Å². The van der Waals surface area contributed by atoms with Crippen LogP contribution in [0.3, 0.4) is 0 Å². The van der Waals surface area contributed by atoms with Gasteiger partial charge in [0.1, 0.15) is 17.4 Å². The van der Waals surface area contributed by atoms with E-state index < -0.39 is 5.91 Å². The highest BCUT2D eigenvalue weighted by Crippen LogP contribution is 2.20. The third kappa shape index (κ3) is 4.11. The van der Waals surface area contributed by atoms with E-state index in [1.807, 2.05) is 37.3 Å². The first kappa shape index (κ1) is 16.1. The summed E-state index contributed by atoms with van der Waals surface area (Å²) in [6, 6.07) is 14.1. The van der Waals surface area contributed by atoms with Crippen LogP contribution in [0, 0.1) is 25.2 Å². The summed E-state index contributed by atoms with van der Waals surface area (Å²) in [6.07, 6.45) is 1.38. The molecule has 0 aliphatic rings. The van der Waals surface area contributed by atoms with Crippen LogP contribution < -0.4 is 10.6 Å². The van der Waals surface area contributed by atoms with Crippen molar-refractivity contribution in [2.45, 2.75) is 13.8 Å². The van der Waals surface area contributed by atoms with Crippen LogP contribution in [0.2, 0.25) is 0 Å². The lowest BCUT2D eigenvalue weighted by atomic mass is 10.1. The fourth-order valence-corrected chi connectivity index (χ4v) is 2.01. The van der Waals surface area contributed by atoms with Gasteiger partial charge >= 0.3 is 0 Å². The van der Waals surface area contributed by atoms with Gasteiger partial charge in [0.15, 0.2) is 0 Å². The second-order valence-electron chi connectivity index (χ2n) is 5.08. The van der Waals surface area contributed by atoms with E-state index in [9.17, 15) is 15.2 Å². The van der Waals surface area contributed by atoms with Crippen molar-refractivity contribution in [2.75, 3.05) is 10.6 Å². The van der Waals surface area contributed by atoms with E-state index >= 15 is 0 Å². The molecule has 0 aromatic heterocycles. The van der Waals surface area contributed by atoms with Crippen LogP contribution in [0.4, 0.5) is 11.4 Å². The minimum absolute atomic E-state index is 0.0410. The summed E-state index contributed by atoms with van der Waals surface area (Å²) in [5, 5.41) is 24.2. The van der Waals surface area contributed by atoms with Gasteiger partial charge in [0.25, 0.3) is 5.91 Å². The van der Waals surface area contributed by atoms with E-state index in [4.69, 9.17) is 0 Å². The first-order valence-electron chi connectivity index (χ1n) is 7.04. The van der Waals surface area contributed by atoms with Crippen molar-refractivity contribution in [3.63, 3.8) is 0 Å². The molecule has 0 fully saturated rings. The largest absolute Gasteiger partial charge is 0.508 e. The highest BCUT2D eigenvalue weighted by molar-refractivity contribution is 6.07. The molecule has 1 amide bonds. The third-order valence-electron chi connectivity index (χ3n) is 3.34. The molecule has 0 atom stereocenters. The van der Waals surface area contributed by atoms with E-state index in [2.05, 4.69) is 10.6 Å². The second-order valence-corrected chi connectivity index (χ2v) is 5.08. The molecule has 0 saturated carbocycles. The molecule has 0 radical (unpaired) electrons. The Morgan fingerprint density at radius 2 is 1.87 bits per heavy atom. The van der Waals surface area contributed by atoms with Gasteiger partial charge in [0, 0.05) is 17.6 Å². The Kier molecular flexibility index (Phi) is 5.00. The Morgan fingerprint density at radius 3 is 2.52 bits per heavy atom. The standard InChI is InChI=1S/C18H17N3O2/c1-12-5-3-4-6-16(12)20-11-14(10-19)18(23)21-17-8-7-15(22)9-13(17)2/h3-9,11,20,22H,1-2H3,(H,21,23)/b14-11-. The summed E-state index contributed by atoms with van der Waals surface area (Å²) in [5.74, 6) is -0.389. The van der Waals surface area contributed by atoms with Crippen LogP contribution in [0.1, 0.15) is 11.1 Å². The van der Waals surface area contributed by atoms with E-state index in [1.165, 1.54) is 18.3 Å². The number of hydrogen-bond acceptors (Lipinski definition) is 4. The summed E-state index contributed by atoms with van der Waals surface area (Å²) in [6.45, 7) is 3.69. The number of nitrogens with zero attached hydrogens (tertiary/aromatic N) is 1. The minimum Gasteiger partial charge on any atom is -0.508 e. The summed E-state index contributed by atoms with van der Waals surface area (Å²) in [7, 11) is 0. The molecule has 0 aliphatic carbocycles. The highest BCUT2D eigenvalue weighted by atomic mass is 16.3. The smallest absolute Gasteiger partial charge is 0.267 e. The van der Waals surface area contributed by atoms with Crippen LogP contribution in [-0.2, 0) is 4.79 Å². The van der Waals surface area contributed by atoms with Gasteiger partial charge in [-0.2, -0.15) is 5.26 Å². The Bertz CT molecular complexity index is 804. The lowest BCUT2D eigenvalue weighted by Gasteiger charge is -2.09. The lowest BCUT2D eigenvalue weighted by molar-refractivity contribution is -0.112. The fraction of sp³-hybridized carbons (Fsp3) is 0.111. The maximum absolute atomic E-state index is 12.2. The number of nitrogens with one attached hydrogen (secondary N) is 2. The number of rotatable bonds is 4. The third-order valence-corrected chi connectivity index (χ3v) is 3.34. The molecule has 0 heterocycles. The number of phenolic OH excluding ortho intramolecular Hbond substituents is 1. The number of benzene rings is 2. The highest BCUT2D eigenvalue weighted by Gasteiger charge is 2.11. The molecule has 0 spiro atoms. The number of hydrogen-bond donors (Lipinski definition) is 3. The number of para-hydroxylation sites is 1. The first-order valence-corrected chi connectivity index (χ1v) is 7.04. The molecule has 0 saturated heterocycles. The van der Waals surface area contributed by atoms with Crippen LogP contribution >= 0.6 is 0 Å². The number of carbonyl (C=O) groups is 1. The zero-order valence-electron chi connectivity index (χ0n) is 12.9. The van der Waals surface area contributed by atoms with Gasteiger partial charge in [0.05, 0.1) is 0 Å². The fourth-order valence-electron chi connectivity index (χ4n) is 2.01. The number of aryl methyl sites for hydroxylation is 2. The van der Waals surface area contributed by atoms with Crippen molar-refractivity contribution in [3.05, 3.63) is 65.4 Å². The normalized spacial score (nSPS) is 10.7. The lowest BCUT2D eigenvalue weighted by Crippen LogP contribution is -2.15. The van der Waals surface area contributed by atoms with Crippen molar-refractivity contribution in [2.24, 2.45) is 0 Å². The molecular weight excluding hydrogens is 290 g/mol. The van der Waals surface area contributed by atoms with E-state index in [0.717, 1.165) is 11.3 Å². The molecule has 23 heavy (non-hydrogen) atoms. The monoisotopic (exact) mass is 307 g/mol. The zero-order chi connectivity index (χ0) is 16.8. The summed E-state index contributed by atoms with van der Waals surface area (Å²) in [5.41, 5.74) is 3.05. The minimum atomic E-state index is -0.512. The Hall–Kier alpha value is -3.26. The van der Waals surface area contributed by atoms with Crippen LogP contribution in [0.25, 0.3) is 0 Å². The van der Waals surface area contributed by atoms with Gasteiger partial charge in [-0.15, -0.1) is 0 Å². The predicted octanol–water partition coefficient (Wildman–Crippen LogP) is 3.47. The first-order chi connectivity index (χ1) is 11.0. The maximum Gasteiger partial charge on any atom is 0.267 e. The molecule has 2 rings (SSSR count). The van der Waals surface area contributed by atoms with Gasteiger partial charge in [0.2, 0.25) is 0 Å². The summed E-state index contributed by atoms with van der Waals surface area (Å²) in [4.78, 5) is 12.2. The van der Waals surface area contributed by atoms with Crippen molar-refractivity contribution >= 4 is 17.3 Å². The van der Waals surface area contributed by atoms with Crippen molar-refractivity contribution in [3.8, 4) is 11.8 Å². The van der Waals surface area contributed by atoms with Gasteiger partial charge in [-0.1, -0.05) is 18.2 Å². The molecule has 116 valence electrons. The van der Waals surface area contributed by atoms with Crippen LogP contribution in [0.5, 0.6) is 5.75 Å². The van der Waals surface area contributed by atoms with Crippen LogP contribution in [0.15, 0.2) is 54.2 Å². The average molecular weight is 307 g/mol. The number of nitriles is 1. The number of anilines is 2. The van der Waals surface area contributed by atoms with Gasteiger partial charge < -0.3 is 15.7 Å². The van der Waals surface area contributed by atoms with Crippen molar-refractivity contribution < 1.29 is 9.90 Å². The number of aromatic hydroxyl groups is 1. The maximum atomic E-state index is 12.2. The van der Waals surface area contributed by atoms with Crippen molar-refractivity contribution in [1.82, 2.24) is 0 Å². The molecule has 2 aromatic rings.